The van der Waals surface area contributed by atoms with Crippen LogP contribution in [0.5, 0.6) is 0 Å². The SMILES string of the molecule is CNC(=O)[C@@H](NC(=O)c1nc(/C=C/CCO)n2c1CN(C)CCC2)C(C)(C)C. The number of aliphatic hydroxyl groups is 1. The molecule has 3 N–H and O–H groups in total. The maximum atomic E-state index is 13.1. The van der Waals surface area contributed by atoms with Gasteiger partial charge in [-0.1, -0.05) is 26.8 Å². The number of likely N-dealkylation sites (N-methyl/N-ethyl adjacent to an activating group) is 1. The van der Waals surface area contributed by atoms with Crippen LogP contribution in [-0.4, -0.2) is 64.7 Å². The van der Waals surface area contributed by atoms with Crippen LogP contribution in [-0.2, 0) is 17.9 Å². The lowest BCUT2D eigenvalue weighted by Crippen LogP contribution is -2.53. The van der Waals surface area contributed by atoms with Gasteiger partial charge in [0, 0.05) is 26.7 Å². The van der Waals surface area contributed by atoms with Crippen molar-refractivity contribution in [3.63, 3.8) is 0 Å². The second-order valence-corrected chi connectivity index (χ2v) is 8.31. The molecule has 0 radical (unpaired) electrons. The molecule has 0 bridgehead atoms. The van der Waals surface area contributed by atoms with Crippen LogP contribution in [0.4, 0.5) is 0 Å². The molecule has 0 saturated heterocycles. The molecular formula is C20H33N5O3. The Morgan fingerprint density at radius 3 is 2.64 bits per heavy atom. The van der Waals surface area contributed by atoms with E-state index in [1.54, 1.807) is 7.05 Å². The third kappa shape index (κ3) is 5.20. The molecule has 1 aromatic heterocycles. The summed E-state index contributed by atoms with van der Waals surface area (Å²) in [5, 5.41) is 14.5. The van der Waals surface area contributed by atoms with Crippen molar-refractivity contribution in [1.29, 1.82) is 0 Å². The van der Waals surface area contributed by atoms with Crippen molar-refractivity contribution < 1.29 is 14.7 Å². The van der Waals surface area contributed by atoms with E-state index < -0.39 is 11.5 Å². The lowest BCUT2D eigenvalue weighted by molar-refractivity contribution is -0.124. The minimum absolute atomic E-state index is 0.0690. The Morgan fingerprint density at radius 2 is 2.04 bits per heavy atom. The van der Waals surface area contributed by atoms with Crippen LogP contribution < -0.4 is 10.6 Å². The highest BCUT2D eigenvalue weighted by molar-refractivity contribution is 5.97. The predicted molar refractivity (Wildman–Crippen MR) is 109 cm³/mol. The van der Waals surface area contributed by atoms with Crippen molar-refractivity contribution in [1.82, 2.24) is 25.1 Å². The van der Waals surface area contributed by atoms with E-state index in [-0.39, 0.29) is 18.4 Å². The molecule has 8 nitrogen and oxygen atoms in total. The van der Waals surface area contributed by atoms with Gasteiger partial charge in [-0.3, -0.25) is 9.59 Å². The normalized spacial score (nSPS) is 16.5. The molecule has 28 heavy (non-hydrogen) atoms. The van der Waals surface area contributed by atoms with Crippen LogP contribution >= 0.6 is 0 Å². The first-order chi connectivity index (χ1) is 13.2. The maximum Gasteiger partial charge on any atom is 0.272 e. The number of imidazole rings is 1. The monoisotopic (exact) mass is 391 g/mol. The zero-order chi connectivity index (χ0) is 20.9. The Bertz CT molecular complexity index is 733. The Kier molecular flexibility index (Phi) is 7.37. The summed E-state index contributed by atoms with van der Waals surface area (Å²) in [5.41, 5.74) is 0.772. The van der Waals surface area contributed by atoms with Gasteiger partial charge < -0.3 is 25.2 Å². The summed E-state index contributed by atoms with van der Waals surface area (Å²) < 4.78 is 2.07. The maximum absolute atomic E-state index is 13.1. The highest BCUT2D eigenvalue weighted by atomic mass is 16.2. The molecule has 0 saturated carbocycles. The zero-order valence-corrected chi connectivity index (χ0v) is 17.6. The Morgan fingerprint density at radius 1 is 1.32 bits per heavy atom. The van der Waals surface area contributed by atoms with Crippen LogP contribution in [0.1, 0.15) is 55.6 Å². The second kappa shape index (κ2) is 9.34. The third-order valence-corrected chi connectivity index (χ3v) is 4.87. The van der Waals surface area contributed by atoms with Crippen LogP contribution in [0.25, 0.3) is 6.08 Å². The fraction of sp³-hybridized carbons (Fsp3) is 0.650. The molecule has 1 aliphatic rings. The summed E-state index contributed by atoms with van der Waals surface area (Å²) in [6, 6.07) is -0.667. The molecule has 0 unspecified atom stereocenters. The predicted octanol–water partition coefficient (Wildman–Crippen LogP) is 1.00. The van der Waals surface area contributed by atoms with E-state index in [1.807, 2.05) is 40.0 Å². The van der Waals surface area contributed by atoms with Gasteiger partial charge in [-0.05, 0) is 37.9 Å². The minimum atomic E-state index is -0.667. The molecule has 0 fully saturated rings. The number of rotatable bonds is 6. The number of aliphatic hydroxyl groups excluding tert-OH is 1. The first-order valence-electron chi connectivity index (χ1n) is 9.76. The summed E-state index contributed by atoms with van der Waals surface area (Å²) in [7, 11) is 3.59. The summed E-state index contributed by atoms with van der Waals surface area (Å²) in [6.45, 7) is 8.14. The van der Waals surface area contributed by atoms with E-state index >= 15 is 0 Å². The fourth-order valence-corrected chi connectivity index (χ4v) is 3.34. The Balaban J connectivity index is 2.40. The molecule has 2 heterocycles. The van der Waals surface area contributed by atoms with Crippen molar-refractivity contribution in [2.75, 3.05) is 27.2 Å². The zero-order valence-electron chi connectivity index (χ0n) is 17.6. The van der Waals surface area contributed by atoms with Gasteiger partial charge in [0.05, 0.1) is 5.69 Å². The van der Waals surface area contributed by atoms with Crippen LogP contribution in [0.15, 0.2) is 6.08 Å². The van der Waals surface area contributed by atoms with Crippen molar-refractivity contribution in [3.8, 4) is 0 Å². The molecule has 1 aliphatic heterocycles. The molecule has 2 amide bonds. The molecule has 2 rings (SSSR count). The van der Waals surface area contributed by atoms with E-state index in [1.165, 1.54) is 0 Å². The van der Waals surface area contributed by atoms with Crippen molar-refractivity contribution in [3.05, 3.63) is 23.3 Å². The largest absolute Gasteiger partial charge is 0.396 e. The minimum Gasteiger partial charge on any atom is -0.396 e. The van der Waals surface area contributed by atoms with E-state index in [4.69, 9.17) is 5.11 Å². The number of aromatic nitrogens is 2. The van der Waals surface area contributed by atoms with Gasteiger partial charge in [-0.25, -0.2) is 4.98 Å². The summed E-state index contributed by atoms with van der Waals surface area (Å²) in [6.07, 6.45) is 5.20. The third-order valence-electron chi connectivity index (χ3n) is 4.87. The molecule has 1 atom stereocenters. The van der Waals surface area contributed by atoms with E-state index in [0.717, 1.165) is 25.2 Å². The number of carbonyl (C=O) groups is 2. The Hall–Kier alpha value is -2.19. The van der Waals surface area contributed by atoms with Crippen LogP contribution in [0.2, 0.25) is 0 Å². The van der Waals surface area contributed by atoms with Crippen molar-refractivity contribution >= 4 is 17.9 Å². The topological polar surface area (TPSA) is 99.5 Å². The number of nitrogens with one attached hydrogen (secondary N) is 2. The van der Waals surface area contributed by atoms with Gasteiger partial charge in [0.25, 0.3) is 5.91 Å². The average molecular weight is 392 g/mol. The first-order valence-corrected chi connectivity index (χ1v) is 9.76. The highest BCUT2D eigenvalue weighted by Gasteiger charge is 2.34. The van der Waals surface area contributed by atoms with Gasteiger partial charge in [0.1, 0.15) is 11.9 Å². The first kappa shape index (κ1) is 22.1. The fourth-order valence-electron chi connectivity index (χ4n) is 3.34. The molecular weight excluding hydrogens is 358 g/mol. The standard InChI is InChI=1S/C20H33N5O3/c1-20(2,3)17(19(28)21-4)23-18(27)16-14-13-24(5)10-8-11-25(14)15(22-16)9-6-7-12-26/h6,9,17,26H,7-8,10-13H2,1-5H3,(H,21,28)(H,23,27)/b9-6+/t17-/m1/s1. The van der Waals surface area contributed by atoms with Crippen LogP contribution in [0, 0.1) is 5.41 Å². The summed E-state index contributed by atoms with van der Waals surface area (Å²) in [4.78, 5) is 32.2. The van der Waals surface area contributed by atoms with E-state index in [0.29, 0.717) is 24.5 Å². The number of nitrogens with zero attached hydrogens (tertiary/aromatic N) is 3. The summed E-state index contributed by atoms with van der Waals surface area (Å²) >= 11 is 0. The van der Waals surface area contributed by atoms with Gasteiger partial charge in [-0.2, -0.15) is 0 Å². The van der Waals surface area contributed by atoms with Gasteiger partial charge >= 0.3 is 0 Å². The lowest BCUT2D eigenvalue weighted by Gasteiger charge is -2.29. The van der Waals surface area contributed by atoms with E-state index in [9.17, 15) is 9.59 Å². The van der Waals surface area contributed by atoms with Gasteiger partial charge in [0.15, 0.2) is 5.69 Å². The Labute approximate surface area is 167 Å². The van der Waals surface area contributed by atoms with Gasteiger partial charge in [0.2, 0.25) is 5.91 Å². The van der Waals surface area contributed by atoms with E-state index in [2.05, 4.69) is 25.1 Å². The molecule has 1 aromatic rings. The molecule has 0 spiro atoms. The number of carbonyl (C=O) groups excluding carboxylic acids is 2. The summed E-state index contributed by atoms with van der Waals surface area (Å²) in [5.74, 6) is 0.131. The lowest BCUT2D eigenvalue weighted by atomic mass is 9.86. The van der Waals surface area contributed by atoms with Gasteiger partial charge in [-0.15, -0.1) is 0 Å². The second-order valence-electron chi connectivity index (χ2n) is 8.31. The number of amides is 2. The van der Waals surface area contributed by atoms with Crippen molar-refractivity contribution in [2.24, 2.45) is 5.41 Å². The van der Waals surface area contributed by atoms with Crippen molar-refractivity contribution in [2.45, 2.75) is 52.7 Å². The molecule has 156 valence electrons. The quantitative estimate of drug-likeness (QED) is 0.672. The number of hydrogen-bond acceptors (Lipinski definition) is 5. The highest BCUT2D eigenvalue weighted by Crippen LogP contribution is 2.23. The number of hydrogen-bond donors (Lipinski definition) is 3. The molecule has 0 aromatic carbocycles. The molecule has 0 aliphatic carbocycles. The van der Waals surface area contributed by atoms with Crippen LogP contribution in [0.3, 0.4) is 0 Å². The number of fused-ring (bicyclic) bond motifs is 1. The molecule has 8 heteroatoms. The smallest absolute Gasteiger partial charge is 0.272 e. The average Bonchev–Trinajstić information content (AvgIpc) is 2.83.